The highest BCUT2D eigenvalue weighted by Gasteiger charge is 2.18. The zero-order valence-electron chi connectivity index (χ0n) is 23.9. The SMILES string of the molecule is [B](c1nc2cnc(C3CCCCCCCCCCC3)cc2s1)C1CCCCCCCCCCCCCC1. The van der Waals surface area contributed by atoms with Crippen molar-refractivity contribution < 1.29 is 0 Å². The fourth-order valence-electron chi connectivity index (χ4n) is 6.71. The molecule has 2 fully saturated rings. The molecule has 37 heavy (non-hydrogen) atoms. The van der Waals surface area contributed by atoms with Crippen molar-refractivity contribution in [3.05, 3.63) is 18.0 Å². The lowest BCUT2D eigenvalue weighted by Crippen LogP contribution is -2.19. The predicted octanol–water partition coefficient (Wildman–Crippen LogP) is 10.7. The molecule has 4 heteroatoms. The molecule has 4 rings (SSSR count). The Morgan fingerprint density at radius 2 is 1.00 bits per heavy atom. The van der Waals surface area contributed by atoms with Gasteiger partial charge in [-0.05, 0) is 18.9 Å². The van der Waals surface area contributed by atoms with Crippen LogP contribution in [0.3, 0.4) is 0 Å². The third-order valence-corrected chi connectivity index (χ3v) is 10.1. The van der Waals surface area contributed by atoms with E-state index in [2.05, 4.69) is 19.5 Å². The highest BCUT2D eigenvalue weighted by Crippen LogP contribution is 2.31. The van der Waals surface area contributed by atoms with Crippen LogP contribution >= 0.6 is 11.3 Å². The quantitative estimate of drug-likeness (QED) is 0.375. The number of rotatable bonds is 3. The monoisotopic (exact) mass is 521 g/mol. The van der Waals surface area contributed by atoms with Crippen LogP contribution in [0.25, 0.3) is 10.2 Å². The first kappa shape index (κ1) is 29.1. The Hall–Kier alpha value is -0.895. The van der Waals surface area contributed by atoms with E-state index in [-0.39, 0.29) is 0 Å². The summed E-state index contributed by atoms with van der Waals surface area (Å²) in [6, 6.07) is 2.41. The van der Waals surface area contributed by atoms with Gasteiger partial charge in [0.1, 0.15) is 0 Å². The topological polar surface area (TPSA) is 25.8 Å². The fraction of sp³-hybridized carbons (Fsp3) is 0.818. The first-order chi connectivity index (χ1) is 18.4. The van der Waals surface area contributed by atoms with Crippen LogP contribution < -0.4 is 4.91 Å². The van der Waals surface area contributed by atoms with Crippen LogP contribution in [-0.4, -0.2) is 17.2 Å². The summed E-state index contributed by atoms with van der Waals surface area (Å²) >= 11 is 1.92. The molecule has 0 atom stereocenters. The van der Waals surface area contributed by atoms with Crippen molar-refractivity contribution in [1.82, 2.24) is 9.97 Å². The maximum atomic E-state index is 5.05. The first-order valence-corrected chi connectivity index (χ1v) is 17.3. The highest BCUT2D eigenvalue weighted by atomic mass is 32.1. The molecular weight excluding hydrogens is 467 g/mol. The minimum Gasteiger partial charge on any atom is -0.259 e. The zero-order valence-corrected chi connectivity index (χ0v) is 24.7. The molecule has 2 nitrogen and oxygen atoms in total. The van der Waals surface area contributed by atoms with Crippen molar-refractivity contribution in [3.63, 3.8) is 0 Å². The summed E-state index contributed by atoms with van der Waals surface area (Å²) in [6.07, 6.45) is 37.4. The van der Waals surface area contributed by atoms with E-state index in [4.69, 9.17) is 9.97 Å². The van der Waals surface area contributed by atoms with E-state index < -0.39 is 0 Å². The van der Waals surface area contributed by atoms with E-state index in [1.807, 2.05) is 11.3 Å². The predicted molar refractivity (Wildman–Crippen MR) is 165 cm³/mol. The zero-order chi connectivity index (χ0) is 25.4. The fourth-order valence-corrected chi connectivity index (χ4v) is 7.72. The Kier molecular flexibility index (Phi) is 13.9. The Labute approximate surface area is 233 Å². The van der Waals surface area contributed by atoms with Gasteiger partial charge in [0.25, 0.3) is 0 Å². The number of aromatic nitrogens is 2. The normalized spacial score (nSPS) is 22.4. The van der Waals surface area contributed by atoms with E-state index in [1.165, 1.54) is 176 Å². The minimum atomic E-state index is 0.641. The molecule has 2 aliphatic rings. The molecule has 2 saturated carbocycles. The number of pyridine rings is 1. The molecule has 2 aliphatic carbocycles. The second-order valence-electron chi connectivity index (χ2n) is 12.3. The van der Waals surface area contributed by atoms with Gasteiger partial charge < -0.3 is 0 Å². The summed E-state index contributed by atoms with van der Waals surface area (Å²) in [5.74, 6) is 1.34. The average molecular weight is 522 g/mol. The molecule has 0 bridgehead atoms. The lowest BCUT2D eigenvalue weighted by molar-refractivity contribution is 0.462. The van der Waals surface area contributed by atoms with Crippen molar-refractivity contribution in [2.24, 2.45) is 0 Å². The van der Waals surface area contributed by atoms with Crippen LogP contribution in [0.4, 0.5) is 0 Å². The number of fused-ring (bicyclic) bond motifs is 1. The van der Waals surface area contributed by atoms with Crippen LogP contribution in [0, 0.1) is 0 Å². The molecule has 0 amide bonds. The Morgan fingerprint density at radius 1 is 0.568 bits per heavy atom. The van der Waals surface area contributed by atoms with Crippen molar-refractivity contribution in [2.75, 3.05) is 0 Å². The lowest BCUT2D eigenvalue weighted by Gasteiger charge is -2.17. The van der Waals surface area contributed by atoms with Crippen LogP contribution in [0.2, 0.25) is 5.82 Å². The third kappa shape index (κ3) is 11.0. The molecule has 2 heterocycles. The van der Waals surface area contributed by atoms with E-state index in [9.17, 15) is 0 Å². The van der Waals surface area contributed by atoms with Gasteiger partial charge in [-0.1, -0.05) is 153 Å². The average Bonchev–Trinajstić information content (AvgIpc) is 3.29. The smallest absolute Gasteiger partial charge is 0.195 e. The molecule has 0 unspecified atom stereocenters. The van der Waals surface area contributed by atoms with Crippen molar-refractivity contribution in [1.29, 1.82) is 0 Å². The maximum Gasteiger partial charge on any atom is 0.195 e. The minimum absolute atomic E-state index is 0.641. The van der Waals surface area contributed by atoms with Crippen LogP contribution in [0.5, 0.6) is 0 Å². The standard InChI is InChI=1S/C33H54BN2S/c1-2-4-9-13-17-21-25-29(24-20-16-12-8-3-1)34-33-36-31-27-35-30(26-32(31)37-33)28-22-18-14-10-6-5-7-11-15-19-23-28/h26-29H,1-25H2. The molecule has 205 valence electrons. The summed E-state index contributed by atoms with van der Waals surface area (Å²) in [6.45, 7) is 0. The third-order valence-electron chi connectivity index (χ3n) is 9.11. The maximum absolute atomic E-state index is 5.05. The van der Waals surface area contributed by atoms with Gasteiger partial charge in [-0.2, -0.15) is 0 Å². The van der Waals surface area contributed by atoms with Gasteiger partial charge in [-0.25, -0.2) is 0 Å². The summed E-state index contributed by atoms with van der Waals surface area (Å²) in [7, 11) is 2.54. The van der Waals surface area contributed by atoms with Crippen molar-refractivity contribution in [2.45, 2.75) is 172 Å². The number of hydrogen-bond donors (Lipinski definition) is 0. The molecule has 0 N–H and O–H groups in total. The second kappa shape index (κ2) is 17.6. The van der Waals surface area contributed by atoms with E-state index in [0.717, 1.165) is 5.52 Å². The Morgan fingerprint density at radius 3 is 1.49 bits per heavy atom. The van der Waals surface area contributed by atoms with Gasteiger partial charge in [0.15, 0.2) is 7.28 Å². The van der Waals surface area contributed by atoms with Gasteiger partial charge in [-0.3, -0.25) is 9.97 Å². The van der Waals surface area contributed by atoms with Gasteiger partial charge in [0.2, 0.25) is 0 Å². The lowest BCUT2D eigenvalue weighted by atomic mass is 9.61. The second-order valence-corrected chi connectivity index (χ2v) is 13.4. The summed E-state index contributed by atoms with van der Waals surface area (Å²) in [5, 5.41) is 0. The first-order valence-electron chi connectivity index (χ1n) is 16.5. The molecule has 1 radical (unpaired) electrons. The molecule has 0 spiro atoms. The molecule has 0 aromatic carbocycles. The van der Waals surface area contributed by atoms with E-state index in [1.54, 1.807) is 0 Å². The molecular formula is C33H54BN2S. The van der Waals surface area contributed by atoms with E-state index in [0.29, 0.717) is 11.7 Å². The van der Waals surface area contributed by atoms with Gasteiger partial charge in [0.05, 0.1) is 16.4 Å². The van der Waals surface area contributed by atoms with Crippen LogP contribution in [-0.2, 0) is 0 Å². The van der Waals surface area contributed by atoms with Crippen molar-refractivity contribution >= 4 is 33.7 Å². The summed E-state index contributed by atoms with van der Waals surface area (Å²) < 4.78 is 1.36. The molecule has 0 aliphatic heterocycles. The number of nitrogens with zero attached hydrogens (tertiary/aromatic N) is 2. The molecule has 0 saturated heterocycles. The number of thiazole rings is 1. The summed E-state index contributed by atoms with van der Waals surface area (Å²) in [4.78, 5) is 11.3. The molecule has 2 aromatic heterocycles. The largest absolute Gasteiger partial charge is 0.259 e. The van der Waals surface area contributed by atoms with Gasteiger partial charge >= 0.3 is 0 Å². The summed E-state index contributed by atoms with van der Waals surface area (Å²) in [5.41, 5.74) is 2.46. The molecule has 2 aromatic rings. The van der Waals surface area contributed by atoms with Crippen LogP contribution in [0.1, 0.15) is 172 Å². The van der Waals surface area contributed by atoms with Gasteiger partial charge in [0, 0.05) is 16.5 Å². The van der Waals surface area contributed by atoms with E-state index >= 15 is 0 Å². The Balaban J connectivity index is 1.36. The van der Waals surface area contributed by atoms with Crippen molar-refractivity contribution in [3.8, 4) is 0 Å². The Bertz CT molecular complexity index is 837. The highest BCUT2D eigenvalue weighted by molar-refractivity contribution is 7.26. The van der Waals surface area contributed by atoms with Gasteiger partial charge in [-0.15, -0.1) is 11.3 Å². The number of hydrogen-bond acceptors (Lipinski definition) is 3. The van der Waals surface area contributed by atoms with Crippen LogP contribution in [0.15, 0.2) is 12.3 Å².